The van der Waals surface area contributed by atoms with Crippen molar-refractivity contribution < 1.29 is 9.90 Å². The zero-order chi connectivity index (χ0) is 9.90. The Kier molecular flexibility index (Phi) is 3.80. The fourth-order valence-corrected chi connectivity index (χ4v) is 2.21. The molecule has 1 aliphatic rings. The van der Waals surface area contributed by atoms with E-state index in [0.29, 0.717) is 5.75 Å². The third kappa shape index (κ3) is 3.69. The van der Waals surface area contributed by atoms with Gasteiger partial charge in [0.25, 0.3) is 0 Å². The number of aliphatic hydroxyl groups is 1. The molecule has 0 saturated heterocycles. The van der Waals surface area contributed by atoms with Gasteiger partial charge >= 0.3 is 0 Å². The molecule has 0 aromatic carbocycles. The van der Waals surface area contributed by atoms with Gasteiger partial charge in [0.1, 0.15) is 0 Å². The van der Waals surface area contributed by atoms with Gasteiger partial charge in [-0.2, -0.15) is 0 Å². The summed E-state index contributed by atoms with van der Waals surface area (Å²) in [6.07, 6.45) is 3.60. The Hall–Kier alpha value is -0.0200. The van der Waals surface area contributed by atoms with Crippen molar-refractivity contribution in [1.29, 1.82) is 0 Å². The van der Waals surface area contributed by atoms with Gasteiger partial charge in [-0.15, -0.1) is 0 Å². The van der Waals surface area contributed by atoms with Crippen molar-refractivity contribution in [2.45, 2.75) is 33.1 Å². The average molecular weight is 202 g/mol. The Balaban J connectivity index is 2.32. The summed E-state index contributed by atoms with van der Waals surface area (Å²) in [4.78, 5) is 11.6. The van der Waals surface area contributed by atoms with Gasteiger partial charge in [0.05, 0.1) is 6.61 Å². The molecule has 1 N–H and O–H groups in total. The first-order chi connectivity index (χ1) is 6.06. The number of hydrogen-bond acceptors (Lipinski definition) is 3. The molecular weight excluding hydrogens is 184 g/mol. The van der Waals surface area contributed by atoms with Gasteiger partial charge in [0.15, 0.2) is 5.12 Å². The molecule has 0 bridgehead atoms. The number of rotatable bonds is 5. The first-order valence-electron chi connectivity index (χ1n) is 4.84. The quantitative estimate of drug-likeness (QED) is 0.741. The van der Waals surface area contributed by atoms with Crippen molar-refractivity contribution in [3.05, 3.63) is 0 Å². The van der Waals surface area contributed by atoms with E-state index < -0.39 is 0 Å². The molecule has 2 nitrogen and oxygen atoms in total. The Morgan fingerprint density at radius 2 is 2.15 bits per heavy atom. The maximum Gasteiger partial charge on any atom is 0.194 e. The molecule has 0 amide bonds. The summed E-state index contributed by atoms with van der Waals surface area (Å²) in [6.45, 7) is 4.12. The van der Waals surface area contributed by atoms with Crippen LogP contribution in [0.15, 0.2) is 0 Å². The predicted molar refractivity (Wildman–Crippen MR) is 55.7 cm³/mol. The molecule has 0 aliphatic heterocycles. The molecule has 0 unspecified atom stereocenters. The van der Waals surface area contributed by atoms with Crippen LogP contribution in [-0.2, 0) is 4.79 Å². The summed E-state index contributed by atoms with van der Waals surface area (Å²) in [7, 11) is 0. The predicted octanol–water partition coefficient (Wildman–Crippen LogP) is 2.06. The zero-order valence-electron chi connectivity index (χ0n) is 8.38. The van der Waals surface area contributed by atoms with E-state index in [0.717, 1.165) is 12.3 Å². The van der Waals surface area contributed by atoms with Gasteiger partial charge < -0.3 is 5.11 Å². The van der Waals surface area contributed by atoms with Gasteiger partial charge in [-0.1, -0.05) is 38.5 Å². The lowest BCUT2D eigenvalue weighted by Gasteiger charge is -2.21. The summed E-state index contributed by atoms with van der Waals surface area (Å²) in [6, 6.07) is 0. The summed E-state index contributed by atoms with van der Waals surface area (Å²) < 4.78 is 0. The van der Waals surface area contributed by atoms with Crippen molar-refractivity contribution in [1.82, 2.24) is 0 Å². The standard InChI is InChI=1S/C10H18O2S/c1-10(2,7-8-3-4-8)9(12)13-6-5-11/h8,11H,3-7H2,1-2H3. The first kappa shape index (κ1) is 11.1. The highest BCUT2D eigenvalue weighted by Crippen LogP contribution is 2.41. The Morgan fingerprint density at radius 1 is 1.54 bits per heavy atom. The first-order valence-corrected chi connectivity index (χ1v) is 5.83. The molecule has 0 radical (unpaired) electrons. The number of aliphatic hydroxyl groups excluding tert-OH is 1. The van der Waals surface area contributed by atoms with Crippen LogP contribution >= 0.6 is 11.8 Å². The summed E-state index contributed by atoms with van der Waals surface area (Å²) in [5.41, 5.74) is -0.193. The van der Waals surface area contributed by atoms with Crippen LogP contribution in [0.4, 0.5) is 0 Å². The van der Waals surface area contributed by atoms with E-state index in [2.05, 4.69) is 0 Å². The highest BCUT2D eigenvalue weighted by Gasteiger charge is 2.34. The minimum atomic E-state index is -0.193. The van der Waals surface area contributed by atoms with E-state index in [1.165, 1.54) is 24.6 Å². The van der Waals surface area contributed by atoms with Crippen molar-refractivity contribution in [3.63, 3.8) is 0 Å². The van der Waals surface area contributed by atoms with Crippen LogP contribution in [0.5, 0.6) is 0 Å². The lowest BCUT2D eigenvalue weighted by molar-refractivity contribution is -0.118. The molecule has 13 heavy (non-hydrogen) atoms. The lowest BCUT2D eigenvalue weighted by Crippen LogP contribution is -2.22. The largest absolute Gasteiger partial charge is 0.396 e. The third-order valence-corrected chi connectivity index (χ3v) is 3.57. The van der Waals surface area contributed by atoms with E-state index in [9.17, 15) is 4.79 Å². The minimum absolute atomic E-state index is 0.0932. The molecular formula is C10H18O2S. The fourth-order valence-electron chi connectivity index (χ4n) is 1.46. The minimum Gasteiger partial charge on any atom is -0.396 e. The number of hydrogen-bond donors (Lipinski definition) is 1. The molecule has 76 valence electrons. The molecule has 0 spiro atoms. The van der Waals surface area contributed by atoms with Crippen LogP contribution in [0.1, 0.15) is 33.1 Å². The Morgan fingerprint density at radius 3 is 2.62 bits per heavy atom. The molecule has 0 heterocycles. The van der Waals surface area contributed by atoms with Crippen molar-refractivity contribution in [2.75, 3.05) is 12.4 Å². The topological polar surface area (TPSA) is 37.3 Å². The molecule has 1 rings (SSSR count). The van der Waals surface area contributed by atoms with Crippen molar-refractivity contribution >= 4 is 16.9 Å². The molecule has 1 saturated carbocycles. The molecule has 0 atom stereocenters. The van der Waals surface area contributed by atoms with Crippen LogP contribution < -0.4 is 0 Å². The van der Waals surface area contributed by atoms with Gasteiger partial charge in [-0.05, 0) is 12.3 Å². The molecule has 3 heteroatoms. The van der Waals surface area contributed by atoms with Gasteiger partial charge in [-0.25, -0.2) is 0 Å². The zero-order valence-corrected chi connectivity index (χ0v) is 9.19. The maximum atomic E-state index is 11.6. The van der Waals surface area contributed by atoms with Crippen molar-refractivity contribution in [3.8, 4) is 0 Å². The van der Waals surface area contributed by atoms with E-state index in [-0.39, 0.29) is 17.1 Å². The second-order valence-corrected chi connectivity index (χ2v) is 5.46. The second-order valence-electron chi connectivity index (χ2n) is 4.39. The Labute approximate surface area is 84.1 Å². The van der Waals surface area contributed by atoms with E-state index in [4.69, 9.17) is 5.11 Å². The van der Waals surface area contributed by atoms with Crippen LogP contribution in [-0.4, -0.2) is 22.6 Å². The second kappa shape index (κ2) is 4.47. The smallest absolute Gasteiger partial charge is 0.194 e. The molecule has 0 aromatic rings. The van der Waals surface area contributed by atoms with Crippen LogP contribution in [0, 0.1) is 11.3 Å². The number of carbonyl (C=O) groups is 1. The third-order valence-electron chi connectivity index (χ3n) is 2.37. The Bertz CT molecular complexity index is 185. The fraction of sp³-hybridized carbons (Fsp3) is 0.900. The van der Waals surface area contributed by atoms with Crippen LogP contribution in [0.3, 0.4) is 0 Å². The highest BCUT2D eigenvalue weighted by molar-refractivity contribution is 8.13. The summed E-state index contributed by atoms with van der Waals surface area (Å²) >= 11 is 1.26. The molecule has 1 aliphatic carbocycles. The summed E-state index contributed by atoms with van der Waals surface area (Å²) in [5, 5.41) is 8.83. The normalized spacial score (nSPS) is 17.5. The number of thioether (sulfide) groups is 1. The summed E-state index contributed by atoms with van der Waals surface area (Å²) in [5.74, 6) is 1.32. The molecule has 1 fully saturated rings. The lowest BCUT2D eigenvalue weighted by atomic mass is 9.89. The SMILES string of the molecule is CC(C)(CC1CC1)C(=O)SCCO. The number of carbonyl (C=O) groups excluding carboxylic acids is 1. The molecule has 0 aromatic heterocycles. The van der Waals surface area contributed by atoms with E-state index in [1.807, 2.05) is 13.8 Å². The maximum absolute atomic E-state index is 11.6. The van der Waals surface area contributed by atoms with E-state index >= 15 is 0 Å². The average Bonchev–Trinajstić information content (AvgIpc) is 2.83. The monoisotopic (exact) mass is 202 g/mol. The van der Waals surface area contributed by atoms with Crippen LogP contribution in [0.2, 0.25) is 0 Å². The van der Waals surface area contributed by atoms with E-state index in [1.54, 1.807) is 0 Å². The van der Waals surface area contributed by atoms with Gasteiger partial charge in [0, 0.05) is 11.2 Å². The van der Waals surface area contributed by atoms with Gasteiger partial charge in [0.2, 0.25) is 0 Å². The van der Waals surface area contributed by atoms with Crippen molar-refractivity contribution in [2.24, 2.45) is 11.3 Å². The van der Waals surface area contributed by atoms with Gasteiger partial charge in [-0.3, -0.25) is 4.79 Å². The highest BCUT2D eigenvalue weighted by atomic mass is 32.2. The van der Waals surface area contributed by atoms with Crippen LogP contribution in [0.25, 0.3) is 0 Å².